The summed E-state index contributed by atoms with van der Waals surface area (Å²) in [6, 6.07) is 17.5. The number of hydrogen-bond acceptors (Lipinski definition) is 6. The molecule has 0 spiro atoms. The van der Waals surface area contributed by atoms with Gasteiger partial charge in [-0.05, 0) is 53.6 Å². The van der Waals surface area contributed by atoms with E-state index in [4.69, 9.17) is 9.52 Å². The van der Waals surface area contributed by atoms with Crippen LogP contribution in [0.5, 0.6) is 0 Å². The largest absolute Gasteiger partial charge is 0.478 e. The van der Waals surface area contributed by atoms with Crippen molar-refractivity contribution < 1.29 is 28.7 Å². The highest BCUT2D eigenvalue weighted by Crippen LogP contribution is 2.33. The summed E-state index contributed by atoms with van der Waals surface area (Å²) >= 11 is 0.767. The Balaban J connectivity index is 1.26. The minimum atomic E-state index is -1.02. The number of carbonyl (C=O) groups excluding carboxylic acids is 3. The Hall–Kier alpha value is -4.11. The average Bonchev–Trinajstić information content (AvgIpc) is 3.44. The van der Waals surface area contributed by atoms with Crippen LogP contribution in [0.1, 0.15) is 27.2 Å². The second kappa shape index (κ2) is 9.27. The molecule has 0 aliphatic carbocycles. The highest BCUT2D eigenvalue weighted by molar-refractivity contribution is 8.18. The molecule has 35 heavy (non-hydrogen) atoms. The second-order valence-corrected chi connectivity index (χ2v) is 9.18. The maximum Gasteiger partial charge on any atom is 0.335 e. The van der Waals surface area contributed by atoms with Gasteiger partial charge in [0.15, 0.2) is 0 Å². The van der Waals surface area contributed by atoms with Gasteiger partial charge in [0, 0.05) is 24.7 Å². The Morgan fingerprint density at radius 2 is 1.74 bits per heavy atom. The van der Waals surface area contributed by atoms with E-state index >= 15 is 0 Å². The van der Waals surface area contributed by atoms with E-state index < -0.39 is 17.1 Å². The molecule has 0 saturated carbocycles. The summed E-state index contributed by atoms with van der Waals surface area (Å²) in [5.74, 6) is -0.960. The predicted octanol–water partition coefficient (Wildman–Crippen LogP) is 4.27. The lowest BCUT2D eigenvalue weighted by Crippen LogP contribution is -2.44. The minimum absolute atomic E-state index is 0.164. The fourth-order valence-electron chi connectivity index (χ4n) is 4.07. The zero-order chi connectivity index (χ0) is 24.5. The number of imide groups is 1. The van der Waals surface area contributed by atoms with Gasteiger partial charge in [0.1, 0.15) is 18.1 Å². The number of hydrogen-bond donors (Lipinski definition) is 1. The monoisotopic (exact) mass is 488 g/mol. The van der Waals surface area contributed by atoms with Crippen molar-refractivity contribution in [2.45, 2.75) is 13.0 Å². The Labute approximate surface area is 204 Å². The first-order chi connectivity index (χ1) is 16.9. The third-order valence-electron chi connectivity index (χ3n) is 5.97. The molecule has 2 aliphatic rings. The van der Waals surface area contributed by atoms with Gasteiger partial charge in [-0.2, -0.15) is 0 Å². The van der Waals surface area contributed by atoms with E-state index in [0.29, 0.717) is 30.2 Å². The van der Waals surface area contributed by atoms with Gasteiger partial charge in [0.25, 0.3) is 11.1 Å². The topological polar surface area (TPSA) is 108 Å². The lowest BCUT2D eigenvalue weighted by atomic mass is 10.00. The normalized spacial score (nSPS) is 16.6. The van der Waals surface area contributed by atoms with Crippen molar-refractivity contribution in [3.8, 4) is 11.3 Å². The number of rotatable bonds is 5. The highest BCUT2D eigenvalue weighted by Gasteiger charge is 2.37. The number of amides is 3. The minimum Gasteiger partial charge on any atom is -0.478 e. The molecule has 1 saturated heterocycles. The lowest BCUT2D eigenvalue weighted by Gasteiger charge is -2.29. The zero-order valence-electron chi connectivity index (χ0n) is 18.5. The van der Waals surface area contributed by atoms with Crippen LogP contribution in [0.25, 0.3) is 17.4 Å². The van der Waals surface area contributed by atoms with Crippen molar-refractivity contribution >= 4 is 40.9 Å². The van der Waals surface area contributed by atoms with Crippen molar-refractivity contribution in [1.82, 2.24) is 9.80 Å². The molecule has 1 N–H and O–H groups in total. The SMILES string of the molecule is O=C(O)c1ccc(-c2ccc(/C=C3\SC(=O)N(CC(=O)N4CCc5ccccc5C4)C3=O)o2)cc1. The van der Waals surface area contributed by atoms with Gasteiger partial charge in [-0.1, -0.05) is 36.4 Å². The summed E-state index contributed by atoms with van der Waals surface area (Å²) < 4.78 is 5.77. The highest BCUT2D eigenvalue weighted by atomic mass is 32.2. The first kappa shape index (κ1) is 22.7. The number of carboxylic acid groups (broad SMARTS) is 1. The summed E-state index contributed by atoms with van der Waals surface area (Å²) in [7, 11) is 0. The molecule has 5 rings (SSSR count). The zero-order valence-corrected chi connectivity index (χ0v) is 19.3. The van der Waals surface area contributed by atoms with E-state index in [-0.39, 0.29) is 22.9 Å². The van der Waals surface area contributed by atoms with E-state index in [1.165, 1.54) is 23.8 Å². The molecular formula is C26H20N2O6S. The molecule has 3 amide bonds. The first-order valence-corrected chi connectivity index (χ1v) is 11.7. The Bertz CT molecular complexity index is 1370. The predicted molar refractivity (Wildman–Crippen MR) is 129 cm³/mol. The van der Waals surface area contributed by atoms with Crippen molar-refractivity contribution in [3.63, 3.8) is 0 Å². The summed E-state index contributed by atoms with van der Waals surface area (Å²) in [4.78, 5) is 52.0. The molecule has 1 aromatic heterocycles. The number of furan rings is 1. The number of thioether (sulfide) groups is 1. The molecule has 1 fully saturated rings. The van der Waals surface area contributed by atoms with Crippen LogP contribution in [0.4, 0.5) is 4.79 Å². The van der Waals surface area contributed by atoms with Gasteiger partial charge >= 0.3 is 5.97 Å². The van der Waals surface area contributed by atoms with E-state index in [9.17, 15) is 19.2 Å². The number of nitrogens with zero attached hydrogens (tertiary/aromatic N) is 2. The molecule has 3 heterocycles. The summed E-state index contributed by atoms with van der Waals surface area (Å²) in [6.07, 6.45) is 2.21. The van der Waals surface area contributed by atoms with Crippen molar-refractivity contribution in [2.24, 2.45) is 0 Å². The van der Waals surface area contributed by atoms with E-state index in [2.05, 4.69) is 0 Å². The van der Waals surface area contributed by atoms with Crippen LogP contribution < -0.4 is 0 Å². The van der Waals surface area contributed by atoms with Gasteiger partial charge in [0.05, 0.1) is 10.5 Å². The summed E-state index contributed by atoms with van der Waals surface area (Å²) in [5, 5.41) is 8.53. The number of fused-ring (bicyclic) bond motifs is 1. The molecule has 9 heteroatoms. The molecule has 2 aliphatic heterocycles. The number of carboxylic acids is 1. The molecule has 8 nitrogen and oxygen atoms in total. The van der Waals surface area contributed by atoms with Crippen molar-refractivity contribution in [3.05, 3.63) is 88.0 Å². The molecular weight excluding hydrogens is 468 g/mol. The first-order valence-electron chi connectivity index (χ1n) is 10.9. The van der Waals surface area contributed by atoms with Crippen molar-refractivity contribution in [1.29, 1.82) is 0 Å². The van der Waals surface area contributed by atoms with Crippen LogP contribution in [-0.2, 0) is 22.6 Å². The van der Waals surface area contributed by atoms with Gasteiger partial charge in [-0.15, -0.1) is 0 Å². The maximum absolute atomic E-state index is 12.9. The number of carbonyl (C=O) groups is 4. The standard InChI is InChI=1S/C26H20N2O6S/c29-23(27-12-11-16-3-1-2-4-19(16)14-27)15-28-24(30)22(35-26(28)33)13-20-9-10-21(34-20)17-5-7-18(8-6-17)25(31)32/h1-10,13H,11-12,14-15H2,(H,31,32)/b22-13-. The van der Waals surface area contributed by atoms with Crippen LogP contribution in [0.3, 0.4) is 0 Å². The fraction of sp³-hybridized carbons (Fsp3) is 0.154. The third kappa shape index (κ3) is 4.63. The average molecular weight is 489 g/mol. The van der Waals surface area contributed by atoms with E-state index in [1.54, 1.807) is 29.2 Å². The molecule has 0 bridgehead atoms. The Morgan fingerprint density at radius 1 is 1.00 bits per heavy atom. The number of benzene rings is 2. The van der Waals surface area contributed by atoms with Gasteiger partial charge < -0.3 is 14.4 Å². The lowest BCUT2D eigenvalue weighted by molar-refractivity contribution is -0.136. The van der Waals surface area contributed by atoms with Gasteiger partial charge in [0.2, 0.25) is 5.91 Å². The van der Waals surface area contributed by atoms with E-state index in [0.717, 1.165) is 28.6 Å². The molecule has 0 radical (unpaired) electrons. The molecule has 176 valence electrons. The van der Waals surface area contributed by atoms with Crippen molar-refractivity contribution in [2.75, 3.05) is 13.1 Å². The second-order valence-electron chi connectivity index (χ2n) is 8.19. The molecule has 3 aromatic rings. The van der Waals surface area contributed by atoms with Gasteiger partial charge in [-0.25, -0.2) is 4.79 Å². The van der Waals surface area contributed by atoms with Crippen LogP contribution in [0.2, 0.25) is 0 Å². The molecule has 0 atom stereocenters. The molecule has 2 aromatic carbocycles. The molecule has 0 unspecified atom stereocenters. The smallest absolute Gasteiger partial charge is 0.335 e. The van der Waals surface area contributed by atoms with Crippen LogP contribution in [0, 0.1) is 0 Å². The Morgan fingerprint density at radius 3 is 2.49 bits per heavy atom. The van der Waals surface area contributed by atoms with Crippen LogP contribution in [0.15, 0.2) is 70.0 Å². The summed E-state index contributed by atoms with van der Waals surface area (Å²) in [5.41, 5.74) is 3.13. The quantitative estimate of drug-likeness (QED) is 0.535. The van der Waals surface area contributed by atoms with E-state index in [1.807, 2.05) is 24.3 Å². The fourth-order valence-corrected chi connectivity index (χ4v) is 4.89. The summed E-state index contributed by atoms with van der Waals surface area (Å²) in [6.45, 7) is 0.706. The van der Waals surface area contributed by atoms with Gasteiger partial charge in [-0.3, -0.25) is 19.3 Å². The Kier molecular flexibility index (Phi) is 6.00. The third-order valence-corrected chi connectivity index (χ3v) is 6.87. The number of aromatic carboxylic acids is 1. The maximum atomic E-state index is 12.9. The van der Waals surface area contributed by atoms with Crippen LogP contribution >= 0.6 is 11.8 Å². The van der Waals surface area contributed by atoms with Crippen LogP contribution in [-0.4, -0.2) is 51.0 Å².